The van der Waals surface area contributed by atoms with Crippen molar-refractivity contribution in [1.82, 2.24) is 9.97 Å². The van der Waals surface area contributed by atoms with E-state index in [9.17, 15) is 0 Å². The molecule has 1 aromatic heterocycles. The summed E-state index contributed by atoms with van der Waals surface area (Å²) in [6.45, 7) is 2.75. The van der Waals surface area contributed by atoms with E-state index in [4.69, 9.17) is 10.5 Å². The zero-order valence-corrected chi connectivity index (χ0v) is 8.31. The molecule has 2 heterocycles. The number of ether oxygens (including phenoxy) is 1. The van der Waals surface area contributed by atoms with E-state index in [-0.39, 0.29) is 11.6 Å². The van der Waals surface area contributed by atoms with Crippen molar-refractivity contribution in [3.8, 4) is 0 Å². The maximum Gasteiger partial charge on any atom is 0.115 e. The molecule has 0 spiro atoms. The molecule has 0 amide bonds. The zero-order chi connectivity index (χ0) is 10.0. The Hall–Kier alpha value is -1.00. The smallest absolute Gasteiger partial charge is 0.115 e. The van der Waals surface area contributed by atoms with E-state index in [2.05, 4.69) is 9.97 Å². The highest BCUT2D eigenvalue weighted by molar-refractivity contribution is 5.10. The Morgan fingerprint density at radius 2 is 2.50 bits per heavy atom. The SMILES string of the molecule is CC1(c2ccncn2)CC(N)CCO1. The van der Waals surface area contributed by atoms with E-state index < -0.39 is 0 Å². The summed E-state index contributed by atoms with van der Waals surface area (Å²) in [7, 11) is 0. The molecule has 1 fully saturated rings. The molecule has 1 saturated heterocycles. The quantitative estimate of drug-likeness (QED) is 0.717. The number of nitrogens with two attached hydrogens (primary N) is 1. The van der Waals surface area contributed by atoms with Gasteiger partial charge >= 0.3 is 0 Å². The molecule has 0 aliphatic carbocycles. The van der Waals surface area contributed by atoms with Gasteiger partial charge < -0.3 is 10.5 Å². The van der Waals surface area contributed by atoms with Crippen LogP contribution in [0.3, 0.4) is 0 Å². The van der Waals surface area contributed by atoms with E-state index >= 15 is 0 Å². The Morgan fingerprint density at radius 3 is 3.14 bits per heavy atom. The predicted octanol–water partition coefficient (Wildman–Crippen LogP) is 0.830. The van der Waals surface area contributed by atoms with Crippen molar-refractivity contribution in [2.24, 2.45) is 5.73 Å². The normalized spacial score (nSPS) is 32.9. The molecule has 14 heavy (non-hydrogen) atoms. The Morgan fingerprint density at radius 1 is 1.64 bits per heavy atom. The monoisotopic (exact) mass is 193 g/mol. The van der Waals surface area contributed by atoms with Crippen molar-refractivity contribution in [2.45, 2.75) is 31.4 Å². The van der Waals surface area contributed by atoms with Gasteiger partial charge in [-0.15, -0.1) is 0 Å². The third-order valence-corrected chi connectivity index (χ3v) is 2.68. The maximum absolute atomic E-state index is 5.92. The number of nitrogens with zero attached hydrogens (tertiary/aromatic N) is 2. The minimum Gasteiger partial charge on any atom is -0.369 e. The van der Waals surface area contributed by atoms with Crippen LogP contribution in [0.2, 0.25) is 0 Å². The van der Waals surface area contributed by atoms with Crippen molar-refractivity contribution in [3.05, 3.63) is 24.3 Å². The lowest BCUT2D eigenvalue weighted by atomic mass is 9.89. The minimum atomic E-state index is -0.333. The Labute approximate surface area is 83.5 Å². The molecule has 0 aromatic carbocycles. The number of rotatable bonds is 1. The van der Waals surface area contributed by atoms with Crippen LogP contribution in [0.5, 0.6) is 0 Å². The van der Waals surface area contributed by atoms with Crippen LogP contribution < -0.4 is 5.73 Å². The lowest BCUT2D eigenvalue weighted by molar-refractivity contribution is -0.0794. The van der Waals surface area contributed by atoms with Gasteiger partial charge in [0.15, 0.2) is 0 Å². The molecule has 2 N–H and O–H groups in total. The Bertz CT molecular complexity index is 303. The standard InChI is InChI=1S/C10H15N3O/c1-10(6-8(11)3-5-14-10)9-2-4-12-7-13-9/h2,4,7-8H,3,5-6,11H2,1H3. The van der Waals surface area contributed by atoms with Gasteiger partial charge in [0.1, 0.15) is 11.9 Å². The second-order valence-electron chi connectivity index (χ2n) is 3.93. The molecule has 0 saturated carbocycles. The Kier molecular flexibility index (Phi) is 2.48. The van der Waals surface area contributed by atoms with E-state index in [1.165, 1.54) is 0 Å². The molecule has 2 unspecified atom stereocenters. The first-order valence-corrected chi connectivity index (χ1v) is 4.87. The summed E-state index contributed by atoms with van der Waals surface area (Å²) in [5.74, 6) is 0. The first-order chi connectivity index (χ1) is 6.71. The van der Waals surface area contributed by atoms with Crippen molar-refractivity contribution >= 4 is 0 Å². The van der Waals surface area contributed by atoms with Crippen LogP contribution in [0.1, 0.15) is 25.5 Å². The fraction of sp³-hybridized carbons (Fsp3) is 0.600. The van der Waals surface area contributed by atoms with E-state index in [1.807, 2.05) is 13.0 Å². The van der Waals surface area contributed by atoms with Crippen LogP contribution >= 0.6 is 0 Å². The van der Waals surface area contributed by atoms with E-state index in [0.29, 0.717) is 6.61 Å². The molecule has 76 valence electrons. The summed E-state index contributed by atoms with van der Waals surface area (Å²) in [5.41, 5.74) is 6.51. The summed E-state index contributed by atoms with van der Waals surface area (Å²) >= 11 is 0. The van der Waals surface area contributed by atoms with Crippen LogP contribution in [0.25, 0.3) is 0 Å². The fourth-order valence-electron chi connectivity index (χ4n) is 1.88. The third kappa shape index (κ3) is 1.76. The van der Waals surface area contributed by atoms with Gasteiger partial charge in [0, 0.05) is 18.8 Å². The molecule has 2 atom stereocenters. The maximum atomic E-state index is 5.92. The second kappa shape index (κ2) is 3.63. The molecule has 1 aliphatic rings. The minimum absolute atomic E-state index is 0.212. The average Bonchev–Trinajstić information content (AvgIpc) is 2.19. The van der Waals surface area contributed by atoms with E-state index in [1.54, 1.807) is 12.5 Å². The van der Waals surface area contributed by atoms with Gasteiger partial charge in [-0.25, -0.2) is 9.97 Å². The van der Waals surface area contributed by atoms with Crippen LogP contribution in [-0.4, -0.2) is 22.6 Å². The van der Waals surface area contributed by atoms with Crippen LogP contribution in [0.4, 0.5) is 0 Å². The highest BCUT2D eigenvalue weighted by atomic mass is 16.5. The molecule has 1 aromatic rings. The van der Waals surface area contributed by atoms with Crippen molar-refractivity contribution in [1.29, 1.82) is 0 Å². The van der Waals surface area contributed by atoms with Gasteiger partial charge in [0.2, 0.25) is 0 Å². The predicted molar refractivity (Wildman–Crippen MR) is 52.5 cm³/mol. The summed E-state index contributed by atoms with van der Waals surface area (Å²) in [5, 5.41) is 0. The number of hydrogen-bond donors (Lipinski definition) is 1. The number of aromatic nitrogens is 2. The topological polar surface area (TPSA) is 61.0 Å². The summed E-state index contributed by atoms with van der Waals surface area (Å²) in [6, 6.07) is 2.10. The van der Waals surface area contributed by atoms with Crippen molar-refractivity contribution < 1.29 is 4.74 Å². The first-order valence-electron chi connectivity index (χ1n) is 4.87. The Balaban J connectivity index is 2.23. The first kappa shape index (κ1) is 9.55. The summed E-state index contributed by atoms with van der Waals surface area (Å²) < 4.78 is 5.75. The van der Waals surface area contributed by atoms with Gasteiger partial charge in [-0.2, -0.15) is 0 Å². The summed E-state index contributed by atoms with van der Waals surface area (Å²) in [6.07, 6.45) is 5.03. The van der Waals surface area contributed by atoms with Crippen molar-refractivity contribution in [2.75, 3.05) is 6.61 Å². The zero-order valence-electron chi connectivity index (χ0n) is 8.31. The lowest BCUT2D eigenvalue weighted by Crippen LogP contribution is -2.41. The fourth-order valence-corrected chi connectivity index (χ4v) is 1.88. The molecule has 0 radical (unpaired) electrons. The van der Waals surface area contributed by atoms with E-state index in [0.717, 1.165) is 18.5 Å². The average molecular weight is 193 g/mol. The molecule has 4 heteroatoms. The van der Waals surface area contributed by atoms with Gasteiger partial charge in [-0.3, -0.25) is 0 Å². The van der Waals surface area contributed by atoms with Gasteiger partial charge in [-0.1, -0.05) is 0 Å². The number of hydrogen-bond acceptors (Lipinski definition) is 4. The van der Waals surface area contributed by atoms with Crippen molar-refractivity contribution in [3.63, 3.8) is 0 Å². The van der Waals surface area contributed by atoms with Crippen LogP contribution in [0.15, 0.2) is 18.6 Å². The summed E-state index contributed by atoms with van der Waals surface area (Å²) in [4.78, 5) is 8.11. The molecular formula is C10H15N3O. The molecule has 4 nitrogen and oxygen atoms in total. The highest BCUT2D eigenvalue weighted by Gasteiger charge is 2.34. The lowest BCUT2D eigenvalue weighted by Gasteiger charge is -2.36. The third-order valence-electron chi connectivity index (χ3n) is 2.68. The molecule has 1 aliphatic heterocycles. The van der Waals surface area contributed by atoms with Gasteiger partial charge in [0.05, 0.1) is 5.69 Å². The molecular weight excluding hydrogens is 178 g/mol. The highest BCUT2D eigenvalue weighted by Crippen LogP contribution is 2.32. The van der Waals surface area contributed by atoms with Gasteiger partial charge in [0.25, 0.3) is 0 Å². The largest absolute Gasteiger partial charge is 0.369 e. The van der Waals surface area contributed by atoms with Gasteiger partial charge in [-0.05, 0) is 25.8 Å². The van der Waals surface area contributed by atoms with Crippen LogP contribution in [-0.2, 0) is 10.3 Å². The molecule has 0 bridgehead atoms. The molecule has 2 rings (SSSR count). The van der Waals surface area contributed by atoms with Crippen LogP contribution in [0, 0.1) is 0 Å². The second-order valence-corrected chi connectivity index (χ2v) is 3.93.